The molecule has 0 radical (unpaired) electrons. The average molecular weight is 328 g/mol. The number of anilines is 1. The lowest BCUT2D eigenvalue weighted by Crippen LogP contribution is -2.38. The van der Waals surface area contributed by atoms with Gasteiger partial charge in [-0.3, -0.25) is 0 Å². The van der Waals surface area contributed by atoms with Crippen LogP contribution in [0.25, 0.3) is 16.9 Å². The summed E-state index contributed by atoms with van der Waals surface area (Å²) in [6.07, 6.45) is 8.08. The maximum Gasteiger partial charge on any atom is 0.180 e. The van der Waals surface area contributed by atoms with E-state index in [1.807, 2.05) is 41.1 Å². The molecule has 0 amide bonds. The first-order valence-corrected chi connectivity index (χ1v) is 8.24. The molecule has 1 saturated heterocycles. The number of benzene rings is 1. The fraction of sp³-hybridized carbons (Fsp3) is 0.294. The van der Waals surface area contributed by atoms with Crippen LogP contribution >= 0.6 is 11.6 Å². The van der Waals surface area contributed by atoms with Gasteiger partial charge in [0.1, 0.15) is 0 Å². The molecule has 1 unspecified atom stereocenters. The number of halogens is 1. The number of imidazole rings is 1. The number of hydrogen-bond donors (Lipinski definition) is 2. The molecule has 1 aliphatic heterocycles. The Kier molecular flexibility index (Phi) is 3.89. The Balaban J connectivity index is 1.67. The molecule has 3 aromatic rings. The van der Waals surface area contributed by atoms with Gasteiger partial charge >= 0.3 is 0 Å². The van der Waals surface area contributed by atoms with E-state index in [2.05, 4.69) is 15.6 Å². The zero-order chi connectivity index (χ0) is 15.6. The second-order valence-electron chi connectivity index (χ2n) is 5.83. The Morgan fingerprint density at radius 3 is 2.91 bits per heavy atom. The van der Waals surface area contributed by atoms with Gasteiger partial charge in [0.2, 0.25) is 0 Å². The van der Waals surface area contributed by atoms with E-state index in [0.717, 1.165) is 47.3 Å². The number of fused-ring (bicyclic) bond motifs is 1. The molecule has 2 N–H and O–H groups in total. The van der Waals surface area contributed by atoms with Crippen LogP contribution in [0, 0.1) is 0 Å². The summed E-state index contributed by atoms with van der Waals surface area (Å²) < 4.78 is 2.01. The Hall–Kier alpha value is -2.11. The Morgan fingerprint density at radius 2 is 2.13 bits per heavy atom. The number of nitrogens with zero attached hydrogens (tertiary/aromatic N) is 3. The van der Waals surface area contributed by atoms with Crippen LogP contribution in [0.5, 0.6) is 0 Å². The van der Waals surface area contributed by atoms with Crippen LogP contribution in [-0.2, 0) is 0 Å². The summed E-state index contributed by atoms with van der Waals surface area (Å²) in [6.45, 7) is 2.06. The number of hydrogen-bond acceptors (Lipinski definition) is 4. The topological polar surface area (TPSA) is 54.2 Å². The van der Waals surface area contributed by atoms with Crippen LogP contribution in [0.15, 0.2) is 42.9 Å². The van der Waals surface area contributed by atoms with Crippen molar-refractivity contribution in [3.63, 3.8) is 0 Å². The van der Waals surface area contributed by atoms with Crippen molar-refractivity contribution in [2.45, 2.75) is 18.9 Å². The first kappa shape index (κ1) is 14.5. The number of rotatable bonds is 3. The highest BCUT2D eigenvalue weighted by Crippen LogP contribution is 2.24. The predicted molar refractivity (Wildman–Crippen MR) is 92.9 cm³/mol. The van der Waals surface area contributed by atoms with Gasteiger partial charge in [-0.1, -0.05) is 23.7 Å². The van der Waals surface area contributed by atoms with Crippen molar-refractivity contribution in [3.05, 3.63) is 47.9 Å². The van der Waals surface area contributed by atoms with Crippen LogP contribution in [0.2, 0.25) is 5.02 Å². The van der Waals surface area contributed by atoms with Gasteiger partial charge in [-0.2, -0.15) is 0 Å². The largest absolute Gasteiger partial charge is 0.363 e. The minimum absolute atomic E-state index is 0.401. The fourth-order valence-electron chi connectivity index (χ4n) is 2.95. The molecule has 3 heterocycles. The monoisotopic (exact) mass is 327 g/mol. The van der Waals surface area contributed by atoms with Crippen molar-refractivity contribution in [2.75, 3.05) is 18.4 Å². The van der Waals surface area contributed by atoms with Gasteiger partial charge in [-0.25, -0.2) is 9.97 Å². The summed E-state index contributed by atoms with van der Waals surface area (Å²) in [5, 5.41) is 7.66. The van der Waals surface area contributed by atoms with Crippen molar-refractivity contribution >= 4 is 23.1 Å². The summed E-state index contributed by atoms with van der Waals surface area (Å²) in [6, 6.07) is 8.13. The smallest absolute Gasteiger partial charge is 0.180 e. The molecule has 0 saturated carbocycles. The average Bonchev–Trinajstić information content (AvgIpc) is 3.02. The molecule has 23 heavy (non-hydrogen) atoms. The summed E-state index contributed by atoms with van der Waals surface area (Å²) in [5.74, 6) is 0.835. The second kappa shape index (κ2) is 6.18. The Labute approximate surface area is 139 Å². The molecule has 118 valence electrons. The highest BCUT2D eigenvalue weighted by molar-refractivity contribution is 6.30. The number of nitrogens with one attached hydrogen (secondary N) is 2. The standard InChI is InChI=1S/C17H18ClN5/c18-13-5-3-12(4-6-13)15-11-23-9-8-20-16(17(23)22-15)21-14-2-1-7-19-10-14/h3-6,8-9,11,14,19H,1-2,7,10H2,(H,20,21). The highest BCUT2D eigenvalue weighted by Gasteiger charge is 2.16. The maximum atomic E-state index is 5.96. The lowest BCUT2D eigenvalue weighted by Gasteiger charge is -2.24. The minimum Gasteiger partial charge on any atom is -0.363 e. The zero-order valence-electron chi connectivity index (χ0n) is 12.7. The van der Waals surface area contributed by atoms with Crippen molar-refractivity contribution in [2.24, 2.45) is 0 Å². The molecule has 0 spiro atoms. The van der Waals surface area contributed by atoms with E-state index in [1.165, 1.54) is 6.42 Å². The van der Waals surface area contributed by atoms with E-state index in [-0.39, 0.29) is 0 Å². The van der Waals surface area contributed by atoms with E-state index in [0.29, 0.717) is 6.04 Å². The summed E-state index contributed by atoms with van der Waals surface area (Å²) in [5.41, 5.74) is 2.81. The molecule has 0 bridgehead atoms. The number of piperidine rings is 1. The molecule has 6 heteroatoms. The highest BCUT2D eigenvalue weighted by atomic mass is 35.5. The molecule has 5 nitrogen and oxygen atoms in total. The summed E-state index contributed by atoms with van der Waals surface area (Å²) >= 11 is 5.96. The van der Waals surface area contributed by atoms with E-state index < -0.39 is 0 Å². The van der Waals surface area contributed by atoms with Crippen LogP contribution in [-0.4, -0.2) is 33.5 Å². The number of aromatic nitrogens is 3. The quantitative estimate of drug-likeness (QED) is 0.775. The molecule has 0 aliphatic carbocycles. The van der Waals surface area contributed by atoms with Gasteiger partial charge in [-0.15, -0.1) is 0 Å². The van der Waals surface area contributed by atoms with Crippen molar-refractivity contribution in [1.82, 2.24) is 19.7 Å². The van der Waals surface area contributed by atoms with Crippen molar-refractivity contribution in [3.8, 4) is 11.3 Å². The van der Waals surface area contributed by atoms with Crippen LogP contribution in [0.1, 0.15) is 12.8 Å². The van der Waals surface area contributed by atoms with Gasteiger partial charge in [0.25, 0.3) is 0 Å². The molecular weight excluding hydrogens is 310 g/mol. The first-order valence-electron chi connectivity index (χ1n) is 7.86. The Bertz CT molecular complexity index is 805. The van der Waals surface area contributed by atoms with Crippen LogP contribution in [0.4, 0.5) is 5.82 Å². The molecule has 1 fully saturated rings. The zero-order valence-corrected chi connectivity index (χ0v) is 13.4. The van der Waals surface area contributed by atoms with Gasteiger partial charge in [0, 0.05) is 41.8 Å². The summed E-state index contributed by atoms with van der Waals surface area (Å²) in [4.78, 5) is 9.23. The third-order valence-corrected chi connectivity index (χ3v) is 4.40. The molecule has 1 aromatic carbocycles. The molecule has 2 aromatic heterocycles. The first-order chi connectivity index (χ1) is 11.3. The van der Waals surface area contributed by atoms with E-state index in [9.17, 15) is 0 Å². The van der Waals surface area contributed by atoms with Crippen LogP contribution in [0.3, 0.4) is 0 Å². The fourth-order valence-corrected chi connectivity index (χ4v) is 3.08. The lowest BCUT2D eigenvalue weighted by atomic mass is 10.1. The van der Waals surface area contributed by atoms with Gasteiger partial charge in [0.15, 0.2) is 11.5 Å². The van der Waals surface area contributed by atoms with Gasteiger partial charge in [-0.05, 0) is 31.5 Å². The summed E-state index contributed by atoms with van der Waals surface area (Å²) in [7, 11) is 0. The van der Waals surface area contributed by atoms with Crippen molar-refractivity contribution < 1.29 is 0 Å². The predicted octanol–water partition coefficient (Wildman–Crippen LogP) is 3.21. The normalized spacial score (nSPS) is 18.2. The Morgan fingerprint density at radius 1 is 1.26 bits per heavy atom. The lowest BCUT2D eigenvalue weighted by molar-refractivity contribution is 0.479. The van der Waals surface area contributed by atoms with E-state index in [4.69, 9.17) is 16.6 Å². The van der Waals surface area contributed by atoms with Crippen molar-refractivity contribution in [1.29, 1.82) is 0 Å². The molecule has 1 aliphatic rings. The van der Waals surface area contributed by atoms with Gasteiger partial charge in [0.05, 0.1) is 5.69 Å². The third kappa shape index (κ3) is 3.02. The molecule has 4 rings (SSSR count). The minimum atomic E-state index is 0.401. The maximum absolute atomic E-state index is 5.96. The third-order valence-electron chi connectivity index (χ3n) is 4.15. The van der Waals surface area contributed by atoms with E-state index >= 15 is 0 Å². The molecule has 1 atom stereocenters. The van der Waals surface area contributed by atoms with E-state index in [1.54, 1.807) is 6.20 Å². The second-order valence-corrected chi connectivity index (χ2v) is 6.26. The molecular formula is C17H18ClN5. The van der Waals surface area contributed by atoms with Gasteiger partial charge < -0.3 is 15.0 Å². The SMILES string of the molecule is Clc1ccc(-c2cn3ccnc(NC4CCCNC4)c3n2)cc1. The van der Waals surface area contributed by atoms with Crippen LogP contribution < -0.4 is 10.6 Å².